The van der Waals surface area contributed by atoms with Crippen molar-refractivity contribution in [3.8, 4) is 0 Å². The van der Waals surface area contributed by atoms with Crippen LogP contribution in [-0.2, 0) is 0 Å². The Hall–Kier alpha value is -0.0400. The van der Waals surface area contributed by atoms with Gasteiger partial charge in [-0.05, 0) is 31.1 Å². The fourth-order valence-corrected chi connectivity index (χ4v) is 2.45. The lowest BCUT2D eigenvalue weighted by Gasteiger charge is -2.32. The molecule has 0 heterocycles. The molecule has 3 atom stereocenters. The first-order valence-corrected chi connectivity index (χ1v) is 7.46. The predicted molar refractivity (Wildman–Crippen MR) is 74.7 cm³/mol. The van der Waals surface area contributed by atoms with Crippen LogP contribution >= 0.6 is 0 Å². The van der Waals surface area contributed by atoms with Gasteiger partial charge in [-0.25, -0.2) is 0 Å². The molecule has 3 unspecified atom stereocenters. The molecule has 1 aliphatic carbocycles. The van der Waals surface area contributed by atoms with Crippen LogP contribution in [0.15, 0.2) is 0 Å². The van der Waals surface area contributed by atoms with Crippen LogP contribution in [0.3, 0.4) is 0 Å². The molecular formula is C15H34O. The normalized spacial score (nSPS) is 28.3. The molecule has 0 aromatic rings. The van der Waals surface area contributed by atoms with E-state index in [1.54, 1.807) is 0 Å². The number of hydrogen-bond donors (Lipinski definition) is 1. The zero-order valence-electron chi connectivity index (χ0n) is 12.4. The molecule has 0 aromatic heterocycles. The number of hydrogen-bond acceptors (Lipinski definition) is 1. The lowest BCUT2D eigenvalue weighted by atomic mass is 9.76. The van der Waals surface area contributed by atoms with Crippen molar-refractivity contribution in [3.05, 3.63) is 0 Å². The largest absolute Gasteiger partial charge is 0.393 e. The smallest absolute Gasteiger partial charge is 0.0568 e. The molecule has 1 nitrogen and oxygen atoms in total. The average molecular weight is 230 g/mol. The maximum Gasteiger partial charge on any atom is 0.0568 e. The Kier molecular flexibility index (Phi) is 14.9. The Labute approximate surface area is 104 Å². The maximum atomic E-state index is 9.65. The van der Waals surface area contributed by atoms with Gasteiger partial charge in [0.2, 0.25) is 0 Å². The predicted octanol–water partition coefficient (Wildman–Crippen LogP) is 5.03. The first kappa shape index (κ1) is 18.3. The first-order chi connectivity index (χ1) is 7.77. The minimum Gasteiger partial charge on any atom is -0.393 e. The molecule has 1 N–H and O–H groups in total. The third-order valence-corrected chi connectivity index (χ3v) is 3.27. The van der Waals surface area contributed by atoms with E-state index >= 15 is 0 Å². The van der Waals surface area contributed by atoms with Gasteiger partial charge in [-0.1, -0.05) is 60.8 Å². The van der Waals surface area contributed by atoms with Crippen molar-refractivity contribution in [2.24, 2.45) is 11.8 Å². The summed E-state index contributed by atoms with van der Waals surface area (Å²) in [5, 5.41) is 9.65. The highest BCUT2D eigenvalue weighted by molar-refractivity contribution is 4.78. The van der Waals surface area contributed by atoms with Crippen molar-refractivity contribution in [1.29, 1.82) is 0 Å². The molecule has 1 saturated carbocycles. The summed E-state index contributed by atoms with van der Waals surface area (Å²) in [4.78, 5) is 0. The minimum atomic E-state index is 0.00288. The Morgan fingerprint density at radius 2 is 1.56 bits per heavy atom. The van der Waals surface area contributed by atoms with E-state index in [0.717, 1.165) is 18.8 Å². The van der Waals surface area contributed by atoms with Crippen molar-refractivity contribution in [1.82, 2.24) is 0 Å². The van der Waals surface area contributed by atoms with E-state index in [4.69, 9.17) is 0 Å². The molecule has 0 amide bonds. The van der Waals surface area contributed by atoms with Crippen molar-refractivity contribution >= 4 is 0 Å². The van der Waals surface area contributed by atoms with E-state index in [2.05, 4.69) is 13.8 Å². The summed E-state index contributed by atoms with van der Waals surface area (Å²) in [6.07, 6.45) is 7.39. The summed E-state index contributed by atoms with van der Waals surface area (Å²) in [5.41, 5.74) is 0. The lowest BCUT2D eigenvalue weighted by molar-refractivity contribution is 0.0443. The molecule has 0 bridgehead atoms. The van der Waals surface area contributed by atoms with Gasteiger partial charge >= 0.3 is 0 Å². The quantitative estimate of drug-likeness (QED) is 0.721. The van der Waals surface area contributed by atoms with E-state index in [-0.39, 0.29) is 6.10 Å². The Balaban J connectivity index is 0. The Morgan fingerprint density at radius 1 is 1.00 bits per heavy atom. The van der Waals surface area contributed by atoms with Crippen molar-refractivity contribution < 1.29 is 5.11 Å². The molecule has 100 valence electrons. The van der Waals surface area contributed by atoms with Crippen molar-refractivity contribution in [2.45, 2.75) is 86.2 Å². The van der Waals surface area contributed by atoms with Crippen molar-refractivity contribution in [2.75, 3.05) is 0 Å². The van der Waals surface area contributed by atoms with Gasteiger partial charge in [0.05, 0.1) is 6.10 Å². The molecule has 0 aliphatic heterocycles. The molecule has 0 radical (unpaired) electrons. The molecule has 1 rings (SSSR count). The molecule has 0 spiro atoms. The van der Waals surface area contributed by atoms with Crippen LogP contribution in [0, 0.1) is 11.8 Å². The minimum absolute atomic E-state index is 0.00288. The molecule has 16 heavy (non-hydrogen) atoms. The zero-order chi connectivity index (χ0) is 13.0. The van der Waals surface area contributed by atoms with Crippen LogP contribution in [0.2, 0.25) is 0 Å². The summed E-state index contributed by atoms with van der Waals surface area (Å²) in [7, 11) is 0. The van der Waals surface area contributed by atoms with E-state index in [1.807, 2.05) is 27.7 Å². The van der Waals surface area contributed by atoms with Crippen LogP contribution in [-0.4, -0.2) is 11.2 Å². The van der Waals surface area contributed by atoms with Gasteiger partial charge in [-0.3, -0.25) is 0 Å². The van der Waals surface area contributed by atoms with E-state index in [1.165, 1.54) is 25.7 Å². The number of aliphatic hydroxyl groups excluding tert-OH is 1. The van der Waals surface area contributed by atoms with Crippen molar-refractivity contribution in [3.63, 3.8) is 0 Å². The molecular weight excluding hydrogens is 196 g/mol. The Morgan fingerprint density at radius 3 is 2.00 bits per heavy atom. The molecule has 1 aliphatic rings. The highest BCUT2D eigenvalue weighted by Gasteiger charge is 2.26. The molecule has 0 aromatic carbocycles. The first-order valence-electron chi connectivity index (χ1n) is 7.46. The molecule has 1 fully saturated rings. The van der Waals surface area contributed by atoms with Crippen LogP contribution in [0.4, 0.5) is 0 Å². The second-order valence-electron chi connectivity index (χ2n) is 4.20. The Bertz CT molecular complexity index is 123. The highest BCUT2D eigenvalue weighted by Crippen LogP contribution is 2.33. The van der Waals surface area contributed by atoms with Gasteiger partial charge in [-0.15, -0.1) is 0 Å². The third kappa shape index (κ3) is 7.27. The van der Waals surface area contributed by atoms with Crippen LogP contribution < -0.4 is 0 Å². The monoisotopic (exact) mass is 230 g/mol. The molecule has 0 saturated heterocycles. The summed E-state index contributed by atoms with van der Waals surface area (Å²) in [6.45, 7) is 12.5. The fourth-order valence-electron chi connectivity index (χ4n) is 2.45. The van der Waals surface area contributed by atoms with Crippen LogP contribution in [0.25, 0.3) is 0 Å². The third-order valence-electron chi connectivity index (χ3n) is 3.27. The zero-order valence-corrected chi connectivity index (χ0v) is 12.4. The topological polar surface area (TPSA) is 20.2 Å². The van der Waals surface area contributed by atoms with Gasteiger partial charge in [-0.2, -0.15) is 0 Å². The summed E-state index contributed by atoms with van der Waals surface area (Å²) < 4.78 is 0. The molecule has 1 heteroatoms. The van der Waals surface area contributed by atoms with E-state index in [0.29, 0.717) is 5.92 Å². The summed E-state index contributed by atoms with van der Waals surface area (Å²) in [6, 6.07) is 0. The van der Waals surface area contributed by atoms with Gasteiger partial charge < -0.3 is 5.11 Å². The highest BCUT2D eigenvalue weighted by atomic mass is 16.3. The van der Waals surface area contributed by atoms with E-state index in [9.17, 15) is 5.11 Å². The van der Waals surface area contributed by atoms with Gasteiger partial charge in [0, 0.05) is 0 Å². The average Bonchev–Trinajstić information content (AvgIpc) is 2.37. The fraction of sp³-hybridized carbons (Fsp3) is 1.00. The van der Waals surface area contributed by atoms with Gasteiger partial charge in [0.25, 0.3) is 0 Å². The second kappa shape index (κ2) is 13.0. The number of aliphatic hydroxyl groups is 1. The summed E-state index contributed by atoms with van der Waals surface area (Å²) in [5.74, 6) is 1.50. The maximum absolute atomic E-state index is 9.65. The van der Waals surface area contributed by atoms with Gasteiger partial charge in [0.1, 0.15) is 0 Å². The lowest BCUT2D eigenvalue weighted by Crippen LogP contribution is -2.28. The van der Waals surface area contributed by atoms with Gasteiger partial charge in [0.15, 0.2) is 0 Å². The van der Waals surface area contributed by atoms with Crippen LogP contribution in [0.5, 0.6) is 0 Å². The van der Waals surface area contributed by atoms with Crippen LogP contribution in [0.1, 0.15) is 80.1 Å². The number of rotatable bonds is 3. The van der Waals surface area contributed by atoms with E-state index < -0.39 is 0 Å². The second-order valence-corrected chi connectivity index (χ2v) is 4.20. The summed E-state index contributed by atoms with van der Waals surface area (Å²) >= 11 is 0. The standard InChI is InChI=1S/C11H22O.2C2H6/c1-3-5-9-6-7-11(12)10(4-2)8-9;2*1-2/h9-12H,3-8H2,1-2H3;2*1-2H3. The SMILES string of the molecule is CC.CC.CCCC1CCC(O)C(CC)C1.